The largest absolute Gasteiger partial charge is 0.479 e. The van der Waals surface area contributed by atoms with E-state index in [0.717, 1.165) is 0 Å². The fourth-order valence-corrected chi connectivity index (χ4v) is 1.11. The van der Waals surface area contributed by atoms with Gasteiger partial charge in [-0.1, -0.05) is 0 Å². The minimum atomic E-state index is -1.64. The van der Waals surface area contributed by atoms with Crippen molar-refractivity contribution in [1.29, 1.82) is 0 Å². The van der Waals surface area contributed by atoms with Crippen LogP contribution in [0.4, 0.5) is 4.79 Å². The predicted molar refractivity (Wildman–Crippen MR) is 67.6 cm³/mol. The molecule has 0 aromatic carbocycles. The van der Waals surface area contributed by atoms with E-state index in [9.17, 15) is 14.4 Å². The average Bonchev–Trinajstić information content (AvgIpc) is 2.23. The van der Waals surface area contributed by atoms with Crippen molar-refractivity contribution in [3.8, 4) is 0 Å². The van der Waals surface area contributed by atoms with Crippen molar-refractivity contribution in [2.24, 2.45) is 0 Å². The van der Waals surface area contributed by atoms with Crippen molar-refractivity contribution in [2.75, 3.05) is 13.1 Å². The first-order valence-electron chi connectivity index (χ1n) is 5.85. The van der Waals surface area contributed by atoms with Crippen LogP contribution in [0.15, 0.2) is 0 Å². The number of nitrogens with one attached hydrogen (secondary N) is 3. The molecule has 110 valence electrons. The zero-order valence-electron chi connectivity index (χ0n) is 11.3. The number of rotatable bonds is 6. The molecule has 0 aliphatic carbocycles. The van der Waals surface area contributed by atoms with E-state index >= 15 is 0 Å². The van der Waals surface area contributed by atoms with Crippen LogP contribution >= 0.6 is 0 Å². The van der Waals surface area contributed by atoms with Crippen molar-refractivity contribution in [3.05, 3.63) is 0 Å². The smallest absolute Gasteiger partial charge is 0.334 e. The quantitative estimate of drug-likeness (QED) is 0.426. The molecule has 0 saturated heterocycles. The summed E-state index contributed by atoms with van der Waals surface area (Å²) in [5, 5.41) is 24.6. The highest BCUT2D eigenvalue weighted by atomic mass is 16.4. The zero-order valence-corrected chi connectivity index (χ0v) is 11.3. The minimum absolute atomic E-state index is 0.117. The lowest BCUT2D eigenvalue weighted by atomic mass is 10.1. The Hall–Kier alpha value is -1.83. The maximum Gasteiger partial charge on any atom is 0.334 e. The van der Waals surface area contributed by atoms with Gasteiger partial charge < -0.3 is 26.2 Å². The van der Waals surface area contributed by atoms with Crippen LogP contribution < -0.4 is 16.0 Å². The monoisotopic (exact) mass is 275 g/mol. The Morgan fingerprint density at radius 3 is 2.21 bits per heavy atom. The summed E-state index contributed by atoms with van der Waals surface area (Å²) in [5.41, 5.74) is -0.328. The second-order valence-corrected chi connectivity index (χ2v) is 5.04. The molecule has 0 aromatic rings. The molecule has 8 nitrogen and oxygen atoms in total. The summed E-state index contributed by atoms with van der Waals surface area (Å²) in [6, 6.07) is -0.635. The highest BCUT2D eigenvalue weighted by Crippen LogP contribution is 1.98. The average molecular weight is 275 g/mol. The maximum absolute atomic E-state index is 11.4. The van der Waals surface area contributed by atoms with Crippen LogP contribution in [0.1, 0.15) is 27.2 Å². The molecule has 3 amide bonds. The Labute approximate surface area is 111 Å². The number of aliphatic hydroxyl groups is 1. The van der Waals surface area contributed by atoms with Crippen molar-refractivity contribution in [3.63, 3.8) is 0 Å². The van der Waals surface area contributed by atoms with Gasteiger partial charge in [0.15, 0.2) is 6.10 Å². The van der Waals surface area contributed by atoms with Gasteiger partial charge in [0.25, 0.3) is 0 Å². The van der Waals surface area contributed by atoms with Gasteiger partial charge in [0.1, 0.15) is 0 Å². The Balaban J connectivity index is 3.75. The van der Waals surface area contributed by atoms with Gasteiger partial charge in [0.05, 0.1) is 6.54 Å². The molecule has 0 radical (unpaired) electrons. The molecule has 0 aliphatic rings. The highest BCUT2D eigenvalue weighted by Gasteiger charge is 2.15. The van der Waals surface area contributed by atoms with Crippen molar-refractivity contribution < 1.29 is 24.6 Å². The number of aliphatic hydroxyl groups excluding tert-OH is 1. The first kappa shape index (κ1) is 17.2. The second-order valence-electron chi connectivity index (χ2n) is 5.04. The van der Waals surface area contributed by atoms with Gasteiger partial charge in [-0.05, 0) is 20.8 Å². The molecule has 0 aliphatic heterocycles. The highest BCUT2D eigenvalue weighted by molar-refractivity contribution is 5.79. The van der Waals surface area contributed by atoms with Gasteiger partial charge in [-0.15, -0.1) is 0 Å². The SMILES string of the molecule is CC(C)(C)NC(=O)CCNC(=O)NCC(O)C(=O)O. The summed E-state index contributed by atoms with van der Waals surface area (Å²) in [6.07, 6.45) is -1.53. The molecular formula is C11H21N3O5. The number of aliphatic carboxylic acids is 1. The Morgan fingerprint density at radius 2 is 1.74 bits per heavy atom. The molecule has 5 N–H and O–H groups in total. The van der Waals surface area contributed by atoms with E-state index in [4.69, 9.17) is 10.2 Å². The third kappa shape index (κ3) is 9.83. The van der Waals surface area contributed by atoms with Gasteiger partial charge in [0, 0.05) is 18.5 Å². The van der Waals surface area contributed by atoms with E-state index in [1.165, 1.54) is 0 Å². The first-order valence-corrected chi connectivity index (χ1v) is 5.85. The van der Waals surface area contributed by atoms with E-state index in [1.807, 2.05) is 20.8 Å². The normalized spacial score (nSPS) is 12.4. The van der Waals surface area contributed by atoms with E-state index in [0.29, 0.717) is 0 Å². The molecule has 0 heterocycles. The van der Waals surface area contributed by atoms with Crippen LogP contribution in [0.25, 0.3) is 0 Å². The summed E-state index contributed by atoms with van der Waals surface area (Å²) < 4.78 is 0. The van der Waals surface area contributed by atoms with Crippen molar-refractivity contribution >= 4 is 17.9 Å². The molecule has 1 atom stereocenters. The summed E-state index contributed by atoms with van der Waals surface area (Å²) >= 11 is 0. The number of carbonyl (C=O) groups excluding carboxylic acids is 2. The van der Waals surface area contributed by atoms with Crippen LogP contribution in [-0.2, 0) is 9.59 Å². The third-order valence-corrected chi connectivity index (χ3v) is 1.89. The number of carbonyl (C=O) groups is 3. The molecule has 0 rings (SSSR count). The van der Waals surface area contributed by atoms with E-state index in [1.54, 1.807) is 0 Å². The third-order valence-electron chi connectivity index (χ3n) is 1.89. The maximum atomic E-state index is 11.4. The molecule has 1 unspecified atom stereocenters. The second kappa shape index (κ2) is 7.57. The lowest BCUT2D eigenvalue weighted by Crippen LogP contribution is -2.44. The standard InChI is InChI=1S/C11H21N3O5/c1-11(2,3)14-8(16)4-5-12-10(19)13-6-7(15)9(17)18/h7,15H,4-6H2,1-3H3,(H,14,16)(H,17,18)(H2,12,13,19). The van der Waals surface area contributed by atoms with E-state index < -0.39 is 24.6 Å². The number of amides is 3. The predicted octanol–water partition coefficient (Wildman–Crippen LogP) is -0.964. The molecule has 0 fully saturated rings. The summed E-state index contributed by atoms with van der Waals surface area (Å²) in [5.74, 6) is -1.61. The Kier molecular flexibility index (Phi) is 6.84. The van der Waals surface area contributed by atoms with Crippen LogP contribution in [0.2, 0.25) is 0 Å². The summed E-state index contributed by atoms with van der Waals surface area (Å²) in [4.78, 5) is 32.8. The molecule has 0 bridgehead atoms. The number of carboxylic acids is 1. The van der Waals surface area contributed by atoms with Crippen LogP contribution in [0.5, 0.6) is 0 Å². The van der Waals surface area contributed by atoms with E-state index in [2.05, 4.69) is 16.0 Å². The molecule has 0 saturated carbocycles. The molecular weight excluding hydrogens is 254 g/mol. The number of urea groups is 1. The van der Waals surface area contributed by atoms with Gasteiger partial charge in [-0.3, -0.25) is 4.79 Å². The topological polar surface area (TPSA) is 128 Å². The van der Waals surface area contributed by atoms with Crippen LogP contribution in [0.3, 0.4) is 0 Å². The first-order chi connectivity index (χ1) is 8.61. The minimum Gasteiger partial charge on any atom is -0.479 e. The van der Waals surface area contributed by atoms with Gasteiger partial charge in [-0.2, -0.15) is 0 Å². The fourth-order valence-electron chi connectivity index (χ4n) is 1.11. The summed E-state index contributed by atoms with van der Waals surface area (Å²) in [7, 11) is 0. The van der Waals surface area contributed by atoms with Crippen LogP contribution in [0, 0.1) is 0 Å². The molecule has 0 aromatic heterocycles. The number of carboxylic acid groups (broad SMARTS) is 1. The zero-order chi connectivity index (χ0) is 15.1. The van der Waals surface area contributed by atoms with Gasteiger partial charge in [-0.25, -0.2) is 9.59 Å². The Morgan fingerprint density at radius 1 is 1.16 bits per heavy atom. The lowest BCUT2D eigenvalue weighted by Gasteiger charge is -2.20. The summed E-state index contributed by atoms with van der Waals surface area (Å²) in [6.45, 7) is 5.27. The van der Waals surface area contributed by atoms with Crippen molar-refractivity contribution in [1.82, 2.24) is 16.0 Å². The van der Waals surface area contributed by atoms with Crippen molar-refractivity contribution in [2.45, 2.75) is 38.8 Å². The Bertz CT molecular complexity index is 338. The molecule has 0 spiro atoms. The fraction of sp³-hybridized carbons (Fsp3) is 0.727. The number of hydrogen-bond acceptors (Lipinski definition) is 4. The number of hydrogen-bond donors (Lipinski definition) is 5. The molecule has 8 heteroatoms. The van der Waals surface area contributed by atoms with E-state index in [-0.39, 0.29) is 24.4 Å². The van der Waals surface area contributed by atoms with Gasteiger partial charge in [0.2, 0.25) is 5.91 Å². The lowest BCUT2D eigenvalue weighted by molar-refractivity contribution is -0.146. The molecule has 19 heavy (non-hydrogen) atoms. The van der Waals surface area contributed by atoms with Gasteiger partial charge >= 0.3 is 12.0 Å². The van der Waals surface area contributed by atoms with Crippen LogP contribution in [-0.4, -0.2) is 52.9 Å².